The molecule has 0 aromatic heterocycles. The monoisotopic (exact) mass is 289 g/mol. The summed E-state index contributed by atoms with van der Waals surface area (Å²) in [5, 5.41) is 9.53. The SMILES string of the molecule is COc1cccc(C2C(C(=O)O)CCC(=O)N2C2CC2)c1. The molecule has 1 N–H and O–H groups in total. The van der Waals surface area contributed by atoms with Crippen molar-refractivity contribution in [1.29, 1.82) is 0 Å². The van der Waals surface area contributed by atoms with E-state index in [4.69, 9.17) is 4.74 Å². The number of carbonyl (C=O) groups is 2. The number of hydrogen-bond donors (Lipinski definition) is 1. The third-order valence-electron chi connectivity index (χ3n) is 4.33. The van der Waals surface area contributed by atoms with Crippen molar-refractivity contribution >= 4 is 11.9 Å². The van der Waals surface area contributed by atoms with E-state index in [1.165, 1.54) is 0 Å². The summed E-state index contributed by atoms with van der Waals surface area (Å²) in [5.74, 6) is -0.621. The summed E-state index contributed by atoms with van der Waals surface area (Å²) in [6.07, 6.45) is 2.67. The fourth-order valence-corrected chi connectivity index (χ4v) is 3.18. The number of carboxylic acids is 1. The molecule has 1 amide bonds. The lowest BCUT2D eigenvalue weighted by atomic mass is 9.84. The van der Waals surface area contributed by atoms with Crippen LogP contribution in [0.4, 0.5) is 0 Å². The Morgan fingerprint density at radius 2 is 2.10 bits per heavy atom. The van der Waals surface area contributed by atoms with Crippen LogP contribution in [0.1, 0.15) is 37.3 Å². The molecule has 2 aliphatic rings. The zero-order chi connectivity index (χ0) is 15.0. The Labute approximate surface area is 123 Å². The number of carbonyl (C=O) groups excluding carboxylic acids is 1. The number of hydrogen-bond acceptors (Lipinski definition) is 3. The van der Waals surface area contributed by atoms with E-state index in [1.54, 1.807) is 12.0 Å². The second-order valence-corrected chi connectivity index (χ2v) is 5.74. The van der Waals surface area contributed by atoms with E-state index in [2.05, 4.69) is 0 Å². The smallest absolute Gasteiger partial charge is 0.308 e. The lowest BCUT2D eigenvalue weighted by Crippen LogP contribution is -2.46. The third-order valence-corrected chi connectivity index (χ3v) is 4.33. The summed E-state index contributed by atoms with van der Waals surface area (Å²) in [6, 6.07) is 7.22. The highest BCUT2D eigenvalue weighted by Crippen LogP contribution is 2.44. The summed E-state index contributed by atoms with van der Waals surface area (Å²) in [5.41, 5.74) is 0.849. The highest BCUT2D eigenvalue weighted by Gasteiger charge is 2.46. The average Bonchev–Trinajstić information content (AvgIpc) is 3.31. The first kappa shape index (κ1) is 13.9. The fraction of sp³-hybridized carbons (Fsp3) is 0.500. The van der Waals surface area contributed by atoms with Gasteiger partial charge < -0.3 is 14.7 Å². The second kappa shape index (κ2) is 5.39. The predicted molar refractivity (Wildman–Crippen MR) is 76.0 cm³/mol. The maximum Gasteiger partial charge on any atom is 0.308 e. The van der Waals surface area contributed by atoms with Gasteiger partial charge in [0.05, 0.1) is 19.1 Å². The van der Waals surface area contributed by atoms with Crippen LogP contribution in [0, 0.1) is 5.92 Å². The lowest BCUT2D eigenvalue weighted by Gasteiger charge is -2.40. The molecule has 1 saturated carbocycles. The molecule has 21 heavy (non-hydrogen) atoms. The Morgan fingerprint density at radius 3 is 2.71 bits per heavy atom. The van der Waals surface area contributed by atoms with Gasteiger partial charge in [0.2, 0.25) is 5.91 Å². The molecule has 1 aromatic carbocycles. The van der Waals surface area contributed by atoms with Crippen LogP contribution >= 0.6 is 0 Å². The molecule has 5 nitrogen and oxygen atoms in total. The molecule has 3 rings (SSSR count). The van der Waals surface area contributed by atoms with Gasteiger partial charge in [-0.05, 0) is 37.0 Å². The van der Waals surface area contributed by atoms with Gasteiger partial charge in [0, 0.05) is 12.5 Å². The molecule has 0 spiro atoms. The Kier molecular flexibility index (Phi) is 3.57. The first-order valence-corrected chi connectivity index (χ1v) is 7.29. The largest absolute Gasteiger partial charge is 0.497 e. The highest BCUT2D eigenvalue weighted by molar-refractivity contribution is 5.82. The van der Waals surface area contributed by atoms with E-state index in [0.717, 1.165) is 18.4 Å². The number of rotatable bonds is 4. The van der Waals surface area contributed by atoms with Crippen LogP contribution in [0.3, 0.4) is 0 Å². The maximum absolute atomic E-state index is 12.3. The Bertz CT molecular complexity index is 567. The van der Waals surface area contributed by atoms with Crippen LogP contribution in [0.5, 0.6) is 5.75 Å². The number of amides is 1. The maximum atomic E-state index is 12.3. The van der Waals surface area contributed by atoms with E-state index in [-0.39, 0.29) is 18.0 Å². The number of methoxy groups -OCH3 is 1. The Morgan fingerprint density at radius 1 is 1.33 bits per heavy atom. The molecule has 5 heteroatoms. The normalized spacial score (nSPS) is 25.8. The average molecular weight is 289 g/mol. The molecule has 0 bridgehead atoms. The van der Waals surface area contributed by atoms with Crippen molar-refractivity contribution in [2.75, 3.05) is 7.11 Å². The van der Waals surface area contributed by atoms with Gasteiger partial charge in [0.15, 0.2) is 0 Å². The summed E-state index contributed by atoms with van der Waals surface area (Å²) < 4.78 is 5.23. The first-order valence-electron chi connectivity index (χ1n) is 7.29. The van der Waals surface area contributed by atoms with E-state index in [0.29, 0.717) is 18.6 Å². The minimum absolute atomic E-state index is 0.0721. The van der Waals surface area contributed by atoms with Gasteiger partial charge in [-0.1, -0.05) is 12.1 Å². The van der Waals surface area contributed by atoms with Crippen LogP contribution in [0.25, 0.3) is 0 Å². The van der Waals surface area contributed by atoms with Gasteiger partial charge in [-0.3, -0.25) is 9.59 Å². The summed E-state index contributed by atoms with van der Waals surface area (Å²) in [4.78, 5) is 25.7. The topological polar surface area (TPSA) is 66.8 Å². The van der Waals surface area contributed by atoms with E-state index in [9.17, 15) is 14.7 Å². The summed E-state index contributed by atoms with van der Waals surface area (Å²) >= 11 is 0. The van der Waals surface area contributed by atoms with Crippen molar-refractivity contribution in [1.82, 2.24) is 4.90 Å². The number of carboxylic acid groups (broad SMARTS) is 1. The minimum Gasteiger partial charge on any atom is -0.497 e. The van der Waals surface area contributed by atoms with Crippen molar-refractivity contribution < 1.29 is 19.4 Å². The third kappa shape index (κ3) is 2.60. The zero-order valence-corrected chi connectivity index (χ0v) is 12.0. The molecule has 1 aromatic rings. The molecule has 112 valence electrons. The molecular formula is C16H19NO4. The van der Waals surface area contributed by atoms with Crippen LogP contribution in [-0.2, 0) is 9.59 Å². The molecule has 2 unspecified atom stereocenters. The zero-order valence-electron chi connectivity index (χ0n) is 12.0. The van der Waals surface area contributed by atoms with Crippen LogP contribution in [0.2, 0.25) is 0 Å². The van der Waals surface area contributed by atoms with Gasteiger partial charge in [-0.2, -0.15) is 0 Å². The molecule has 0 radical (unpaired) electrons. The van der Waals surface area contributed by atoms with Crippen molar-refractivity contribution in [2.24, 2.45) is 5.92 Å². The highest BCUT2D eigenvalue weighted by atomic mass is 16.5. The van der Waals surface area contributed by atoms with Crippen molar-refractivity contribution in [3.63, 3.8) is 0 Å². The van der Waals surface area contributed by atoms with E-state index < -0.39 is 11.9 Å². The van der Waals surface area contributed by atoms with E-state index in [1.807, 2.05) is 24.3 Å². The van der Waals surface area contributed by atoms with Gasteiger partial charge >= 0.3 is 5.97 Å². The van der Waals surface area contributed by atoms with Crippen LogP contribution < -0.4 is 4.74 Å². The molecule has 1 heterocycles. The number of aliphatic carboxylic acids is 1. The molecule has 1 aliphatic carbocycles. The number of piperidine rings is 1. The predicted octanol–water partition coefficient (Wildman–Crippen LogP) is 2.22. The quantitative estimate of drug-likeness (QED) is 0.923. The van der Waals surface area contributed by atoms with Gasteiger partial charge in [0.25, 0.3) is 0 Å². The summed E-state index contributed by atoms with van der Waals surface area (Å²) in [7, 11) is 1.58. The second-order valence-electron chi connectivity index (χ2n) is 5.74. The van der Waals surface area contributed by atoms with Crippen molar-refractivity contribution in [3.05, 3.63) is 29.8 Å². The summed E-state index contributed by atoms with van der Waals surface area (Å²) in [6.45, 7) is 0. The molecule has 2 fully saturated rings. The number of ether oxygens (including phenoxy) is 1. The molecule has 2 atom stereocenters. The lowest BCUT2D eigenvalue weighted by molar-refractivity contribution is -0.152. The van der Waals surface area contributed by atoms with Crippen LogP contribution in [-0.4, -0.2) is 35.0 Å². The number of benzene rings is 1. The standard InChI is InChI=1S/C16H19NO4/c1-21-12-4-2-3-10(9-12)15-13(16(19)20)7-8-14(18)17(15)11-5-6-11/h2-4,9,11,13,15H,5-8H2,1H3,(H,19,20). The van der Waals surface area contributed by atoms with Crippen molar-refractivity contribution in [3.8, 4) is 5.75 Å². The number of nitrogens with zero attached hydrogens (tertiary/aromatic N) is 1. The van der Waals surface area contributed by atoms with Crippen molar-refractivity contribution in [2.45, 2.75) is 37.8 Å². The molecule has 1 saturated heterocycles. The molecular weight excluding hydrogens is 270 g/mol. The first-order chi connectivity index (χ1) is 10.1. The van der Waals surface area contributed by atoms with Gasteiger partial charge in [-0.15, -0.1) is 0 Å². The van der Waals surface area contributed by atoms with Crippen LogP contribution in [0.15, 0.2) is 24.3 Å². The Hall–Kier alpha value is -2.04. The van der Waals surface area contributed by atoms with Gasteiger partial charge in [-0.25, -0.2) is 0 Å². The Balaban J connectivity index is 2.01. The number of likely N-dealkylation sites (tertiary alicyclic amines) is 1. The fourth-order valence-electron chi connectivity index (χ4n) is 3.18. The minimum atomic E-state index is -0.832. The van der Waals surface area contributed by atoms with Gasteiger partial charge in [0.1, 0.15) is 5.75 Å². The molecule has 1 aliphatic heterocycles. The van der Waals surface area contributed by atoms with E-state index >= 15 is 0 Å².